The molecule has 1 aromatic heterocycles. The van der Waals surface area contributed by atoms with Crippen LogP contribution < -0.4 is 11.1 Å². The SMILES string of the molecule is Cc1nn(C)cc1CNc1cc(Br)ccc1C(N)=S. The molecule has 0 amide bonds. The average Bonchev–Trinajstić information content (AvgIpc) is 2.65. The lowest BCUT2D eigenvalue weighted by Gasteiger charge is -2.11. The van der Waals surface area contributed by atoms with Crippen molar-refractivity contribution in [3.05, 3.63) is 45.7 Å². The number of thiocarbonyl (C=S) groups is 1. The van der Waals surface area contributed by atoms with Gasteiger partial charge in [0.1, 0.15) is 4.99 Å². The highest BCUT2D eigenvalue weighted by Crippen LogP contribution is 2.22. The molecule has 6 heteroatoms. The summed E-state index contributed by atoms with van der Waals surface area (Å²) in [6.45, 7) is 2.68. The number of hydrogen-bond acceptors (Lipinski definition) is 3. The Kier molecular flexibility index (Phi) is 4.21. The largest absolute Gasteiger partial charge is 0.389 e. The molecular formula is C13H15BrN4S. The third-order valence-electron chi connectivity index (χ3n) is 2.83. The Bertz CT molecular complexity index is 621. The molecule has 0 radical (unpaired) electrons. The Morgan fingerprint density at radius 3 is 2.84 bits per heavy atom. The van der Waals surface area contributed by atoms with Crippen LogP contribution in [0, 0.1) is 6.92 Å². The smallest absolute Gasteiger partial charge is 0.106 e. The molecule has 0 atom stereocenters. The summed E-state index contributed by atoms with van der Waals surface area (Å²) in [6, 6.07) is 5.81. The Labute approximate surface area is 126 Å². The van der Waals surface area contributed by atoms with Gasteiger partial charge in [0, 0.05) is 41.1 Å². The van der Waals surface area contributed by atoms with E-state index in [1.54, 1.807) is 0 Å². The van der Waals surface area contributed by atoms with Crippen molar-refractivity contribution < 1.29 is 0 Å². The molecule has 19 heavy (non-hydrogen) atoms. The van der Waals surface area contributed by atoms with Gasteiger partial charge in [-0.3, -0.25) is 4.68 Å². The van der Waals surface area contributed by atoms with Crippen molar-refractivity contribution in [1.29, 1.82) is 0 Å². The first-order valence-electron chi connectivity index (χ1n) is 5.79. The summed E-state index contributed by atoms with van der Waals surface area (Å²) in [5, 5.41) is 7.67. The van der Waals surface area contributed by atoms with E-state index in [2.05, 4.69) is 26.3 Å². The third kappa shape index (κ3) is 3.33. The molecule has 0 saturated heterocycles. The van der Waals surface area contributed by atoms with Crippen molar-refractivity contribution in [2.24, 2.45) is 12.8 Å². The predicted molar refractivity (Wildman–Crippen MR) is 85.3 cm³/mol. The average molecular weight is 339 g/mol. The van der Waals surface area contributed by atoms with E-state index < -0.39 is 0 Å². The van der Waals surface area contributed by atoms with E-state index in [1.165, 1.54) is 0 Å². The van der Waals surface area contributed by atoms with Crippen LogP contribution in [0.3, 0.4) is 0 Å². The predicted octanol–water partition coefficient (Wildman–Crippen LogP) is 2.74. The van der Waals surface area contributed by atoms with Crippen LogP contribution in [0.25, 0.3) is 0 Å². The number of nitrogens with one attached hydrogen (secondary N) is 1. The monoisotopic (exact) mass is 338 g/mol. The molecular weight excluding hydrogens is 324 g/mol. The van der Waals surface area contributed by atoms with Gasteiger partial charge in [0.2, 0.25) is 0 Å². The second-order valence-corrected chi connectivity index (χ2v) is 5.68. The minimum atomic E-state index is 0.387. The Balaban J connectivity index is 2.21. The molecule has 0 aliphatic rings. The summed E-state index contributed by atoms with van der Waals surface area (Å²) in [7, 11) is 1.91. The molecule has 2 aromatic rings. The number of hydrogen-bond donors (Lipinski definition) is 2. The van der Waals surface area contributed by atoms with Crippen molar-refractivity contribution in [3.8, 4) is 0 Å². The molecule has 0 saturated carbocycles. The number of aromatic nitrogens is 2. The summed E-state index contributed by atoms with van der Waals surface area (Å²) >= 11 is 8.51. The summed E-state index contributed by atoms with van der Waals surface area (Å²) in [6.07, 6.45) is 2.00. The molecule has 0 aliphatic carbocycles. The van der Waals surface area contributed by atoms with Gasteiger partial charge in [0.15, 0.2) is 0 Å². The van der Waals surface area contributed by atoms with Crippen LogP contribution in [0.1, 0.15) is 16.8 Å². The van der Waals surface area contributed by atoms with Crippen molar-refractivity contribution in [3.63, 3.8) is 0 Å². The van der Waals surface area contributed by atoms with Crippen molar-refractivity contribution >= 4 is 38.8 Å². The Morgan fingerprint density at radius 1 is 1.53 bits per heavy atom. The lowest BCUT2D eigenvalue weighted by molar-refractivity contribution is 0.756. The van der Waals surface area contributed by atoms with Crippen molar-refractivity contribution in [1.82, 2.24) is 9.78 Å². The molecule has 1 aromatic carbocycles. The van der Waals surface area contributed by atoms with Crippen molar-refractivity contribution in [2.75, 3.05) is 5.32 Å². The minimum Gasteiger partial charge on any atom is -0.389 e. The second-order valence-electron chi connectivity index (χ2n) is 4.32. The van der Waals surface area contributed by atoms with Gasteiger partial charge in [-0.05, 0) is 25.1 Å². The number of aryl methyl sites for hydroxylation is 2. The lowest BCUT2D eigenvalue weighted by Crippen LogP contribution is -2.13. The van der Waals surface area contributed by atoms with Gasteiger partial charge in [-0.15, -0.1) is 0 Å². The van der Waals surface area contributed by atoms with E-state index in [0.29, 0.717) is 11.5 Å². The Morgan fingerprint density at radius 2 is 2.26 bits per heavy atom. The molecule has 1 heterocycles. The van der Waals surface area contributed by atoms with Crippen LogP contribution in [0.4, 0.5) is 5.69 Å². The second kappa shape index (κ2) is 5.71. The normalized spacial score (nSPS) is 10.5. The molecule has 0 fully saturated rings. The maximum Gasteiger partial charge on any atom is 0.106 e. The first-order chi connectivity index (χ1) is 8.97. The summed E-state index contributed by atoms with van der Waals surface area (Å²) < 4.78 is 2.79. The van der Waals surface area contributed by atoms with Gasteiger partial charge >= 0.3 is 0 Å². The quantitative estimate of drug-likeness (QED) is 0.841. The number of nitrogens with two attached hydrogens (primary N) is 1. The molecule has 0 spiro atoms. The van der Waals surface area contributed by atoms with Gasteiger partial charge in [-0.2, -0.15) is 5.10 Å². The molecule has 0 aliphatic heterocycles. The lowest BCUT2D eigenvalue weighted by atomic mass is 10.1. The van der Waals surface area contributed by atoms with Gasteiger partial charge in [-0.25, -0.2) is 0 Å². The van der Waals surface area contributed by atoms with Crippen LogP contribution in [0.2, 0.25) is 0 Å². The zero-order valence-electron chi connectivity index (χ0n) is 10.8. The highest BCUT2D eigenvalue weighted by Gasteiger charge is 2.08. The topological polar surface area (TPSA) is 55.9 Å². The maximum atomic E-state index is 5.73. The highest BCUT2D eigenvalue weighted by molar-refractivity contribution is 9.10. The van der Waals surface area contributed by atoms with Crippen LogP contribution in [0.15, 0.2) is 28.9 Å². The van der Waals surface area contributed by atoms with E-state index in [0.717, 1.165) is 27.0 Å². The van der Waals surface area contributed by atoms with E-state index in [4.69, 9.17) is 18.0 Å². The molecule has 0 bridgehead atoms. The first-order valence-corrected chi connectivity index (χ1v) is 7.00. The zero-order chi connectivity index (χ0) is 14.0. The Hall–Kier alpha value is -1.40. The molecule has 3 N–H and O–H groups in total. The zero-order valence-corrected chi connectivity index (χ0v) is 13.2. The van der Waals surface area contributed by atoms with Crippen LogP contribution in [0.5, 0.6) is 0 Å². The van der Waals surface area contributed by atoms with E-state index in [-0.39, 0.29) is 0 Å². The van der Waals surface area contributed by atoms with Gasteiger partial charge in [0.05, 0.1) is 5.69 Å². The number of benzene rings is 1. The van der Waals surface area contributed by atoms with E-state index in [1.807, 2.05) is 43.0 Å². The van der Waals surface area contributed by atoms with E-state index in [9.17, 15) is 0 Å². The molecule has 0 unspecified atom stereocenters. The van der Waals surface area contributed by atoms with Crippen LogP contribution in [-0.2, 0) is 13.6 Å². The van der Waals surface area contributed by atoms with Gasteiger partial charge < -0.3 is 11.1 Å². The van der Waals surface area contributed by atoms with Crippen molar-refractivity contribution in [2.45, 2.75) is 13.5 Å². The number of halogens is 1. The molecule has 4 nitrogen and oxygen atoms in total. The van der Waals surface area contributed by atoms with Gasteiger partial charge in [0.25, 0.3) is 0 Å². The minimum absolute atomic E-state index is 0.387. The summed E-state index contributed by atoms with van der Waals surface area (Å²) in [5.74, 6) is 0. The number of rotatable bonds is 4. The standard InChI is InChI=1S/C13H15BrN4S/c1-8-9(7-18(2)17-8)6-16-12-5-10(14)3-4-11(12)13(15)19/h3-5,7,16H,6H2,1-2H3,(H2,15,19). The number of anilines is 1. The summed E-state index contributed by atoms with van der Waals surface area (Å²) in [5.41, 5.74) is 9.66. The highest BCUT2D eigenvalue weighted by atomic mass is 79.9. The first kappa shape index (κ1) is 14.0. The molecule has 100 valence electrons. The van der Waals surface area contributed by atoms with Gasteiger partial charge in [-0.1, -0.05) is 28.1 Å². The molecule has 2 rings (SSSR count). The number of nitrogens with zero attached hydrogens (tertiary/aromatic N) is 2. The fourth-order valence-corrected chi connectivity index (χ4v) is 2.43. The third-order valence-corrected chi connectivity index (χ3v) is 3.54. The van der Waals surface area contributed by atoms with Crippen LogP contribution in [-0.4, -0.2) is 14.8 Å². The fraction of sp³-hybridized carbons (Fsp3) is 0.231. The fourth-order valence-electron chi connectivity index (χ4n) is 1.89. The summed E-state index contributed by atoms with van der Waals surface area (Å²) in [4.78, 5) is 0.387. The van der Waals surface area contributed by atoms with E-state index >= 15 is 0 Å². The van der Waals surface area contributed by atoms with Crippen LogP contribution >= 0.6 is 28.1 Å². The maximum absolute atomic E-state index is 5.73.